The van der Waals surface area contributed by atoms with E-state index in [1.165, 1.54) is 6.21 Å². The molecule has 102 valence electrons. The highest BCUT2D eigenvalue weighted by molar-refractivity contribution is 6.31. The maximum Gasteiger partial charge on any atom is 0.273 e. The largest absolute Gasteiger partial charge is 0.398 e. The van der Waals surface area contributed by atoms with Gasteiger partial charge in [0.05, 0.1) is 11.8 Å². The number of nitrogens with one attached hydrogen (secondary N) is 1. The summed E-state index contributed by atoms with van der Waals surface area (Å²) in [6.45, 7) is 0. The zero-order valence-corrected chi connectivity index (χ0v) is 11.3. The highest BCUT2D eigenvalue weighted by Crippen LogP contribution is 2.16. The monoisotopic (exact) mass is 288 g/mol. The topological polar surface area (TPSA) is 93.5 Å². The van der Waals surface area contributed by atoms with E-state index in [1.807, 2.05) is 0 Å². The van der Waals surface area contributed by atoms with Crippen molar-refractivity contribution in [3.8, 4) is 0 Å². The van der Waals surface area contributed by atoms with Gasteiger partial charge < -0.3 is 11.5 Å². The molecule has 0 saturated heterocycles. The molecular formula is C14H13ClN4O. The molecular weight excluding hydrogens is 276 g/mol. The number of para-hydroxylation sites is 1. The zero-order valence-electron chi connectivity index (χ0n) is 10.5. The number of carbonyl (C=O) groups excluding carboxylic acids is 1. The fourth-order valence-corrected chi connectivity index (χ4v) is 1.76. The van der Waals surface area contributed by atoms with E-state index in [2.05, 4.69) is 10.5 Å². The number of nitrogen functional groups attached to an aromatic ring is 2. The number of hydrogen-bond acceptors (Lipinski definition) is 4. The predicted molar refractivity (Wildman–Crippen MR) is 81.8 cm³/mol. The molecule has 0 unspecified atom stereocenters. The SMILES string of the molecule is Nc1ccc(Cl)cc1/C=N\NC(=O)c1ccccc1N. The van der Waals surface area contributed by atoms with Gasteiger partial charge in [0.1, 0.15) is 0 Å². The Morgan fingerprint density at radius 1 is 1.15 bits per heavy atom. The first-order valence-corrected chi connectivity index (χ1v) is 6.18. The van der Waals surface area contributed by atoms with Gasteiger partial charge in [0.25, 0.3) is 5.91 Å². The van der Waals surface area contributed by atoms with Crippen LogP contribution in [0.15, 0.2) is 47.6 Å². The molecule has 5 nitrogen and oxygen atoms in total. The average molecular weight is 289 g/mol. The minimum Gasteiger partial charge on any atom is -0.398 e. The summed E-state index contributed by atoms with van der Waals surface area (Å²) in [5.74, 6) is -0.389. The summed E-state index contributed by atoms with van der Waals surface area (Å²) in [5, 5.41) is 4.38. The molecule has 0 aromatic heterocycles. The van der Waals surface area contributed by atoms with Crippen molar-refractivity contribution in [1.29, 1.82) is 0 Å². The molecule has 0 bridgehead atoms. The molecule has 1 amide bonds. The Bertz CT molecular complexity index is 670. The number of hydrogen-bond donors (Lipinski definition) is 3. The maximum atomic E-state index is 11.8. The molecule has 0 aliphatic carbocycles. The van der Waals surface area contributed by atoms with Crippen LogP contribution in [0.3, 0.4) is 0 Å². The molecule has 0 radical (unpaired) electrons. The van der Waals surface area contributed by atoms with Crippen molar-refractivity contribution < 1.29 is 4.79 Å². The van der Waals surface area contributed by atoms with E-state index in [4.69, 9.17) is 23.1 Å². The van der Waals surface area contributed by atoms with Gasteiger partial charge >= 0.3 is 0 Å². The van der Waals surface area contributed by atoms with Crippen LogP contribution >= 0.6 is 11.6 Å². The minimum atomic E-state index is -0.389. The first-order valence-electron chi connectivity index (χ1n) is 5.81. The van der Waals surface area contributed by atoms with E-state index in [9.17, 15) is 4.79 Å². The van der Waals surface area contributed by atoms with E-state index in [1.54, 1.807) is 42.5 Å². The van der Waals surface area contributed by atoms with Gasteiger partial charge in [0.2, 0.25) is 0 Å². The number of nitrogens with zero attached hydrogens (tertiary/aromatic N) is 1. The van der Waals surface area contributed by atoms with Crippen LogP contribution in [0.2, 0.25) is 5.02 Å². The van der Waals surface area contributed by atoms with Crippen molar-refractivity contribution in [1.82, 2.24) is 5.43 Å². The van der Waals surface area contributed by atoms with Crippen molar-refractivity contribution >= 4 is 35.1 Å². The second kappa shape index (κ2) is 6.08. The Morgan fingerprint density at radius 2 is 1.90 bits per heavy atom. The van der Waals surface area contributed by atoms with E-state index >= 15 is 0 Å². The molecule has 5 N–H and O–H groups in total. The maximum absolute atomic E-state index is 11.8. The molecule has 2 rings (SSSR count). The third-order valence-electron chi connectivity index (χ3n) is 2.62. The van der Waals surface area contributed by atoms with E-state index < -0.39 is 0 Å². The molecule has 20 heavy (non-hydrogen) atoms. The number of hydrazone groups is 1. The Kier molecular flexibility index (Phi) is 4.22. The predicted octanol–water partition coefficient (Wildman–Crippen LogP) is 2.27. The Hall–Kier alpha value is -2.53. The fourth-order valence-electron chi connectivity index (χ4n) is 1.58. The van der Waals surface area contributed by atoms with Gasteiger partial charge in [0, 0.05) is 22.0 Å². The molecule has 6 heteroatoms. The van der Waals surface area contributed by atoms with Gasteiger partial charge in [-0.05, 0) is 30.3 Å². The smallest absolute Gasteiger partial charge is 0.273 e. The van der Waals surface area contributed by atoms with Gasteiger partial charge in [-0.15, -0.1) is 0 Å². The third-order valence-corrected chi connectivity index (χ3v) is 2.86. The zero-order chi connectivity index (χ0) is 14.5. The number of halogens is 1. The summed E-state index contributed by atoms with van der Waals surface area (Å²) >= 11 is 5.85. The van der Waals surface area contributed by atoms with E-state index in [-0.39, 0.29) is 5.91 Å². The molecule has 0 saturated carbocycles. The first-order chi connectivity index (χ1) is 9.58. The Labute approximate surface area is 121 Å². The van der Waals surface area contributed by atoms with E-state index in [0.29, 0.717) is 27.5 Å². The van der Waals surface area contributed by atoms with Gasteiger partial charge in [-0.3, -0.25) is 4.79 Å². The lowest BCUT2D eigenvalue weighted by molar-refractivity contribution is 0.0956. The normalized spacial score (nSPS) is 10.7. The molecule has 0 fully saturated rings. The van der Waals surface area contributed by atoms with Gasteiger partial charge in [-0.25, -0.2) is 5.43 Å². The lowest BCUT2D eigenvalue weighted by Gasteiger charge is -2.03. The van der Waals surface area contributed by atoms with Crippen molar-refractivity contribution in [2.75, 3.05) is 11.5 Å². The minimum absolute atomic E-state index is 0.365. The molecule has 0 aliphatic heterocycles. The van der Waals surface area contributed by atoms with Crippen LogP contribution in [-0.2, 0) is 0 Å². The van der Waals surface area contributed by atoms with Crippen LogP contribution in [0.25, 0.3) is 0 Å². The molecule has 0 aliphatic rings. The highest BCUT2D eigenvalue weighted by Gasteiger charge is 2.07. The third kappa shape index (κ3) is 3.27. The highest BCUT2D eigenvalue weighted by atomic mass is 35.5. The van der Waals surface area contributed by atoms with Crippen molar-refractivity contribution in [3.05, 3.63) is 58.6 Å². The fraction of sp³-hybridized carbons (Fsp3) is 0. The summed E-state index contributed by atoms with van der Waals surface area (Å²) in [6, 6.07) is 11.7. The standard InChI is InChI=1S/C14H13ClN4O/c15-10-5-6-12(16)9(7-10)8-18-19-14(20)11-3-1-2-4-13(11)17/h1-8H,16-17H2,(H,19,20)/b18-8-. The Morgan fingerprint density at radius 3 is 2.65 bits per heavy atom. The van der Waals surface area contributed by atoms with Crippen LogP contribution in [-0.4, -0.2) is 12.1 Å². The van der Waals surface area contributed by atoms with Crippen molar-refractivity contribution in [2.45, 2.75) is 0 Å². The van der Waals surface area contributed by atoms with Crippen LogP contribution < -0.4 is 16.9 Å². The van der Waals surface area contributed by atoms with Gasteiger partial charge in [0.15, 0.2) is 0 Å². The average Bonchev–Trinajstić information content (AvgIpc) is 2.43. The second-order valence-corrected chi connectivity index (χ2v) is 4.50. The summed E-state index contributed by atoms with van der Waals surface area (Å²) in [6.07, 6.45) is 1.43. The van der Waals surface area contributed by atoms with Crippen molar-refractivity contribution in [2.24, 2.45) is 5.10 Å². The quantitative estimate of drug-likeness (QED) is 0.459. The number of carbonyl (C=O) groups is 1. The molecule has 2 aromatic rings. The molecule has 2 aromatic carbocycles. The first kappa shape index (κ1) is 13.9. The lowest BCUT2D eigenvalue weighted by atomic mass is 10.2. The van der Waals surface area contributed by atoms with Gasteiger partial charge in [-0.2, -0.15) is 5.10 Å². The second-order valence-electron chi connectivity index (χ2n) is 4.06. The Balaban J connectivity index is 2.09. The summed E-state index contributed by atoms with van der Waals surface area (Å²) in [4.78, 5) is 11.8. The summed E-state index contributed by atoms with van der Waals surface area (Å²) in [5.41, 5.74) is 15.7. The molecule has 0 atom stereocenters. The molecule has 0 spiro atoms. The van der Waals surface area contributed by atoms with Crippen LogP contribution in [0.1, 0.15) is 15.9 Å². The summed E-state index contributed by atoms with van der Waals surface area (Å²) in [7, 11) is 0. The number of anilines is 2. The van der Waals surface area contributed by atoms with Crippen LogP contribution in [0.4, 0.5) is 11.4 Å². The van der Waals surface area contributed by atoms with Crippen LogP contribution in [0.5, 0.6) is 0 Å². The van der Waals surface area contributed by atoms with Crippen molar-refractivity contribution in [3.63, 3.8) is 0 Å². The summed E-state index contributed by atoms with van der Waals surface area (Å²) < 4.78 is 0. The lowest BCUT2D eigenvalue weighted by Crippen LogP contribution is -2.19. The van der Waals surface area contributed by atoms with E-state index in [0.717, 1.165) is 0 Å². The molecule has 0 heterocycles. The number of rotatable bonds is 3. The number of amides is 1. The number of benzene rings is 2. The van der Waals surface area contributed by atoms with Gasteiger partial charge in [-0.1, -0.05) is 23.7 Å². The van der Waals surface area contributed by atoms with Crippen LogP contribution in [0, 0.1) is 0 Å². The number of nitrogens with two attached hydrogens (primary N) is 2.